The zero-order valence-electron chi connectivity index (χ0n) is 12.5. The van der Waals surface area contributed by atoms with E-state index >= 15 is 0 Å². The molecule has 4 nitrogen and oxygen atoms in total. The molecule has 112 valence electrons. The van der Waals surface area contributed by atoms with E-state index in [4.69, 9.17) is 0 Å². The molecule has 2 unspecified atom stereocenters. The zero-order chi connectivity index (χ0) is 14.8. The average Bonchev–Trinajstić information content (AvgIpc) is 2.86. The second kappa shape index (κ2) is 6.24. The summed E-state index contributed by atoms with van der Waals surface area (Å²) in [4.78, 5) is 0.402. The molecular formula is C15H24N2O2S. The van der Waals surface area contributed by atoms with Gasteiger partial charge in [0.05, 0.1) is 4.90 Å². The largest absolute Gasteiger partial charge is 0.310 e. The van der Waals surface area contributed by atoms with Crippen LogP contribution in [0, 0.1) is 0 Å². The molecule has 0 radical (unpaired) electrons. The molecule has 1 N–H and O–H groups in total. The molecule has 20 heavy (non-hydrogen) atoms. The third-order valence-corrected chi connectivity index (χ3v) is 6.02. The van der Waals surface area contributed by atoms with Crippen molar-refractivity contribution in [2.45, 2.75) is 50.6 Å². The Hall–Kier alpha value is -0.910. The molecule has 1 aliphatic rings. The SMILES string of the molecule is CCNC(C)c1ccc(S(=O)(=O)N2CCCC2C)cc1. The first-order valence-corrected chi connectivity index (χ1v) is 8.76. The van der Waals surface area contributed by atoms with Crippen LogP contribution in [0.4, 0.5) is 0 Å². The van der Waals surface area contributed by atoms with Crippen molar-refractivity contribution in [3.8, 4) is 0 Å². The smallest absolute Gasteiger partial charge is 0.243 e. The van der Waals surface area contributed by atoms with Crippen molar-refractivity contribution >= 4 is 10.0 Å². The van der Waals surface area contributed by atoms with Crippen molar-refractivity contribution in [3.63, 3.8) is 0 Å². The Morgan fingerprint density at radius 3 is 2.50 bits per heavy atom. The maximum absolute atomic E-state index is 12.6. The van der Waals surface area contributed by atoms with Crippen molar-refractivity contribution in [3.05, 3.63) is 29.8 Å². The number of sulfonamides is 1. The van der Waals surface area contributed by atoms with Gasteiger partial charge in [-0.2, -0.15) is 4.31 Å². The van der Waals surface area contributed by atoms with Crippen molar-refractivity contribution in [1.29, 1.82) is 0 Å². The van der Waals surface area contributed by atoms with Gasteiger partial charge in [0, 0.05) is 18.6 Å². The highest BCUT2D eigenvalue weighted by atomic mass is 32.2. The summed E-state index contributed by atoms with van der Waals surface area (Å²) in [5.74, 6) is 0. The topological polar surface area (TPSA) is 49.4 Å². The van der Waals surface area contributed by atoms with E-state index in [2.05, 4.69) is 19.2 Å². The van der Waals surface area contributed by atoms with Gasteiger partial charge in [-0.05, 0) is 50.9 Å². The van der Waals surface area contributed by atoms with E-state index in [9.17, 15) is 8.42 Å². The Kier molecular flexibility index (Phi) is 4.83. The molecule has 0 bridgehead atoms. The molecule has 0 amide bonds. The van der Waals surface area contributed by atoms with Crippen LogP contribution in [0.5, 0.6) is 0 Å². The normalized spacial score (nSPS) is 22.1. The van der Waals surface area contributed by atoms with E-state index in [1.54, 1.807) is 16.4 Å². The van der Waals surface area contributed by atoms with Gasteiger partial charge < -0.3 is 5.32 Å². The summed E-state index contributed by atoms with van der Waals surface area (Å²) in [5, 5.41) is 3.32. The molecule has 2 rings (SSSR count). The third-order valence-electron chi connectivity index (χ3n) is 3.99. The van der Waals surface area contributed by atoms with Gasteiger partial charge >= 0.3 is 0 Å². The van der Waals surface area contributed by atoms with Crippen molar-refractivity contribution < 1.29 is 8.42 Å². The molecule has 0 saturated carbocycles. The molecular weight excluding hydrogens is 272 g/mol. The van der Waals surface area contributed by atoms with Gasteiger partial charge in [0.2, 0.25) is 10.0 Å². The number of hydrogen-bond acceptors (Lipinski definition) is 3. The highest BCUT2D eigenvalue weighted by Gasteiger charge is 2.32. The number of nitrogens with zero attached hydrogens (tertiary/aromatic N) is 1. The first kappa shape index (κ1) is 15.5. The van der Waals surface area contributed by atoms with Gasteiger partial charge in [-0.3, -0.25) is 0 Å². The van der Waals surface area contributed by atoms with Crippen LogP contribution in [0.2, 0.25) is 0 Å². The van der Waals surface area contributed by atoms with Gasteiger partial charge in [-0.1, -0.05) is 19.1 Å². The number of hydrogen-bond donors (Lipinski definition) is 1. The quantitative estimate of drug-likeness (QED) is 0.908. The summed E-state index contributed by atoms with van der Waals surface area (Å²) in [7, 11) is -3.33. The van der Waals surface area contributed by atoms with Crippen LogP contribution in [0.3, 0.4) is 0 Å². The molecule has 1 aliphatic heterocycles. The van der Waals surface area contributed by atoms with Crippen LogP contribution in [-0.2, 0) is 10.0 Å². The van der Waals surface area contributed by atoms with E-state index in [1.165, 1.54) is 0 Å². The Labute approximate surface area is 122 Å². The fourth-order valence-electron chi connectivity index (χ4n) is 2.75. The summed E-state index contributed by atoms with van der Waals surface area (Å²) in [6.07, 6.45) is 1.91. The maximum Gasteiger partial charge on any atom is 0.243 e. The van der Waals surface area contributed by atoms with Gasteiger partial charge in [-0.25, -0.2) is 8.42 Å². The predicted octanol–water partition coefficient (Wildman–Crippen LogP) is 2.53. The van der Waals surface area contributed by atoms with Crippen LogP contribution in [0.15, 0.2) is 29.2 Å². The van der Waals surface area contributed by atoms with E-state index in [-0.39, 0.29) is 12.1 Å². The highest BCUT2D eigenvalue weighted by molar-refractivity contribution is 7.89. The lowest BCUT2D eigenvalue weighted by Gasteiger charge is -2.21. The van der Waals surface area contributed by atoms with Crippen molar-refractivity contribution in [2.24, 2.45) is 0 Å². The average molecular weight is 296 g/mol. The van der Waals surface area contributed by atoms with Crippen LogP contribution in [-0.4, -0.2) is 31.9 Å². The zero-order valence-corrected chi connectivity index (χ0v) is 13.3. The minimum atomic E-state index is -3.33. The molecule has 1 aromatic rings. The predicted molar refractivity (Wildman–Crippen MR) is 81.1 cm³/mol. The van der Waals surface area contributed by atoms with Gasteiger partial charge in [0.25, 0.3) is 0 Å². The van der Waals surface area contributed by atoms with E-state index in [1.807, 2.05) is 19.1 Å². The van der Waals surface area contributed by atoms with E-state index in [0.29, 0.717) is 11.4 Å². The van der Waals surface area contributed by atoms with Crippen LogP contribution >= 0.6 is 0 Å². The molecule has 1 heterocycles. The van der Waals surface area contributed by atoms with Crippen molar-refractivity contribution in [1.82, 2.24) is 9.62 Å². The number of nitrogens with one attached hydrogen (secondary N) is 1. The highest BCUT2D eigenvalue weighted by Crippen LogP contribution is 2.26. The van der Waals surface area contributed by atoms with Gasteiger partial charge in [0.1, 0.15) is 0 Å². The fraction of sp³-hybridized carbons (Fsp3) is 0.600. The molecule has 1 saturated heterocycles. The van der Waals surface area contributed by atoms with E-state index in [0.717, 1.165) is 24.9 Å². The second-order valence-electron chi connectivity index (χ2n) is 5.46. The summed E-state index contributed by atoms with van der Waals surface area (Å²) >= 11 is 0. The lowest BCUT2D eigenvalue weighted by atomic mass is 10.1. The lowest BCUT2D eigenvalue weighted by Crippen LogP contribution is -2.33. The molecule has 0 spiro atoms. The lowest BCUT2D eigenvalue weighted by molar-refractivity contribution is 0.408. The monoisotopic (exact) mass is 296 g/mol. The first-order valence-electron chi connectivity index (χ1n) is 7.32. The minimum Gasteiger partial charge on any atom is -0.310 e. The molecule has 0 aliphatic carbocycles. The molecule has 5 heteroatoms. The third kappa shape index (κ3) is 3.05. The number of benzene rings is 1. The van der Waals surface area contributed by atoms with Gasteiger partial charge in [-0.15, -0.1) is 0 Å². The minimum absolute atomic E-state index is 0.111. The summed E-state index contributed by atoms with van der Waals surface area (Å²) in [6.45, 7) is 7.65. The molecule has 2 atom stereocenters. The fourth-order valence-corrected chi connectivity index (χ4v) is 4.45. The molecule has 0 aromatic heterocycles. The Bertz CT molecular complexity index is 539. The van der Waals surface area contributed by atoms with E-state index < -0.39 is 10.0 Å². The summed E-state index contributed by atoms with van der Waals surface area (Å²) in [6, 6.07) is 7.61. The van der Waals surface area contributed by atoms with Crippen LogP contribution in [0.25, 0.3) is 0 Å². The van der Waals surface area contributed by atoms with Gasteiger partial charge in [0.15, 0.2) is 0 Å². The summed E-state index contributed by atoms with van der Waals surface area (Å²) < 4.78 is 26.7. The second-order valence-corrected chi connectivity index (χ2v) is 7.35. The molecule has 1 fully saturated rings. The van der Waals surface area contributed by atoms with Crippen LogP contribution in [0.1, 0.15) is 45.2 Å². The van der Waals surface area contributed by atoms with Crippen molar-refractivity contribution in [2.75, 3.05) is 13.1 Å². The molecule has 1 aromatic carbocycles. The Balaban J connectivity index is 2.21. The van der Waals surface area contributed by atoms with Crippen LogP contribution < -0.4 is 5.32 Å². The first-order chi connectivity index (χ1) is 9.46. The Morgan fingerprint density at radius 2 is 2.00 bits per heavy atom. The maximum atomic E-state index is 12.6. The standard InChI is InChI=1S/C15H24N2O2S/c1-4-16-13(3)14-7-9-15(10-8-14)20(18,19)17-11-5-6-12(17)2/h7-10,12-13,16H,4-6,11H2,1-3H3. The number of rotatable bonds is 5. The summed E-state index contributed by atoms with van der Waals surface area (Å²) in [5.41, 5.74) is 1.11. The Morgan fingerprint density at radius 1 is 1.35 bits per heavy atom.